The molecule has 1 aromatic rings. The lowest BCUT2D eigenvalue weighted by Crippen LogP contribution is -2.24. The maximum Gasteiger partial charge on any atom is 0.417 e. The van der Waals surface area contributed by atoms with Crippen LogP contribution in [0.2, 0.25) is 0 Å². The van der Waals surface area contributed by atoms with Crippen molar-refractivity contribution >= 4 is 17.2 Å². The highest BCUT2D eigenvalue weighted by atomic mass is 32.1. The Bertz CT molecular complexity index is 463. The first-order valence-corrected chi connectivity index (χ1v) is 5.61. The number of benzene rings is 1. The number of rotatable bonds is 2. The molecular weight excluding hydrogens is 263 g/mol. The normalized spacial score (nSPS) is 12.3. The van der Waals surface area contributed by atoms with E-state index in [1.54, 1.807) is 20.8 Å². The number of thiocarbonyl (C=S) groups is 1. The molecule has 0 heterocycles. The van der Waals surface area contributed by atoms with Crippen LogP contribution in [-0.4, -0.2) is 10.6 Å². The van der Waals surface area contributed by atoms with E-state index in [0.717, 1.165) is 6.07 Å². The fourth-order valence-electron chi connectivity index (χ4n) is 1.39. The molecule has 0 saturated heterocycles. The average molecular weight is 277 g/mol. The van der Waals surface area contributed by atoms with Gasteiger partial charge in [0.2, 0.25) is 0 Å². The summed E-state index contributed by atoms with van der Waals surface area (Å²) in [5.74, 6) is 0.134. The lowest BCUT2D eigenvalue weighted by Gasteiger charge is -2.22. The van der Waals surface area contributed by atoms with Gasteiger partial charge in [0.15, 0.2) is 0 Å². The highest BCUT2D eigenvalue weighted by Gasteiger charge is 2.34. The molecule has 0 radical (unpaired) electrons. The summed E-state index contributed by atoms with van der Waals surface area (Å²) in [7, 11) is 0. The van der Waals surface area contributed by atoms with Gasteiger partial charge in [0, 0.05) is 5.56 Å². The van der Waals surface area contributed by atoms with Crippen molar-refractivity contribution in [1.82, 2.24) is 0 Å². The molecule has 0 aliphatic rings. The number of ether oxygens (including phenoxy) is 1. The van der Waals surface area contributed by atoms with Crippen LogP contribution in [0.5, 0.6) is 5.75 Å². The monoisotopic (exact) mass is 277 g/mol. The Labute approximate surface area is 109 Å². The van der Waals surface area contributed by atoms with Gasteiger partial charge in [0.05, 0.1) is 5.56 Å². The van der Waals surface area contributed by atoms with E-state index in [-0.39, 0.29) is 16.3 Å². The number of hydrogen-bond acceptors (Lipinski definition) is 2. The van der Waals surface area contributed by atoms with Crippen LogP contribution in [0, 0.1) is 0 Å². The second kappa shape index (κ2) is 4.76. The van der Waals surface area contributed by atoms with E-state index in [2.05, 4.69) is 12.2 Å². The molecule has 1 aromatic carbocycles. The van der Waals surface area contributed by atoms with Crippen LogP contribution < -0.4 is 10.5 Å². The maximum atomic E-state index is 12.9. The Balaban J connectivity index is 3.27. The van der Waals surface area contributed by atoms with E-state index < -0.39 is 17.3 Å². The summed E-state index contributed by atoms with van der Waals surface area (Å²) in [6.07, 6.45) is -4.52. The summed E-state index contributed by atoms with van der Waals surface area (Å²) in [4.78, 5) is -0.287. The topological polar surface area (TPSA) is 35.2 Å². The van der Waals surface area contributed by atoms with Crippen LogP contribution in [0.3, 0.4) is 0 Å². The van der Waals surface area contributed by atoms with Gasteiger partial charge < -0.3 is 10.5 Å². The summed E-state index contributed by atoms with van der Waals surface area (Å²) in [6.45, 7) is 5.26. The minimum absolute atomic E-state index is 0.134. The SMILES string of the molecule is CC(C)(C)Oc1ccc(C(N)=S)c(C(F)(F)F)c1. The Morgan fingerprint density at radius 1 is 1.22 bits per heavy atom. The van der Waals surface area contributed by atoms with Crippen molar-refractivity contribution in [2.45, 2.75) is 32.5 Å². The maximum absolute atomic E-state index is 12.9. The van der Waals surface area contributed by atoms with E-state index in [4.69, 9.17) is 10.5 Å². The van der Waals surface area contributed by atoms with Crippen LogP contribution in [0.1, 0.15) is 31.9 Å². The minimum Gasteiger partial charge on any atom is -0.488 e. The first-order chi connectivity index (χ1) is 8.00. The summed E-state index contributed by atoms with van der Waals surface area (Å²) in [5, 5.41) is 0. The molecule has 2 nitrogen and oxygen atoms in total. The van der Waals surface area contributed by atoms with Crippen LogP contribution in [0.25, 0.3) is 0 Å². The molecule has 6 heteroatoms. The Kier molecular flexibility index (Phi) is 3.90. The van der Waals surface area contributed by atoms with Gasteiger partial charge in [-0.05, 0) is 39.0 Å². The third kappa shape index (κ3) is 3.87. The first kappa shape index (κ1) is 14.8. The third-order valence-electron chi connectivity index (χ3n) is 1.99. The fraction of sp³-hybridized carbons (Fsp3) is 0.417. The number of hydrogen-bond donors (Lipinski definition) is 1. The van der Waals surface area contributed by atoms with Gasteiger partial charge >= 0.3 is 6.18 Å². The van der Waals surface area contributed by atoms with E-state index >= 15 is 0 Å². The zero-order valence-electron chi connectivity index (χ0n) is 10.3. The van der Waals surface area contributed by atoms with Gasteiger partial charge in [-0.3, -0.25) is 0 Å². The van der Waals surface area contributed by atoms with Gasteiger partial charge in [0.1, 0.15) is 16.3 Å². The molecular formula is C12H14F3NOS. The zero-order valence-corrected chi connectivity index (χ0v) is 11.1. The molecule has 100 valence electrons. The predicted octanol–water partition coefficient (Wildman–Crippen LogP) is 3.52. The van der Waals surface area contributed by atoms with Crippen molar-refractivity contribution in [2.75, 3.05) is 0 Å². The molecule has 0 unspecified atom stereocenters. The number of nitrogens with two attached hydrogens (primary N) is 1. The van der Waals surface area contributed by atoms with Crippen LogP contribution in [0.15, 0.2) is 18.2 Å². The minimum atomic E-state index is -4.52. The van der Waals surface area contributed by atoms with E-state index in [9.17, 15) is 13.2 Å². The van der Waals surface area contributed by atoms with Crippen molar-refractivity contribution in [3.63, 3.8) is 0 Å². The highest BCUT2D eigenvalue weighted by Crippen LogP contribution is 2.35. The molecule has 0 amide bonds. The molecule has 0 spiro atoms. The highest BCUT2D eigenvalue weighted by molar-refractivity contribution is 7.80. The van der Waals surface area contributed by atoms with Crippen molar-refractivity contribution in [2.24, 2.45) is 5.73 Å². The van der Waals surface area contributed by atoms with E-state index in [0.29, 0.717) is 0 Å². The molecule has 0 saturated carbocycles. The molecule has 0 atom stereocenters. The van der Waals surface area contributed by atoms with Gasteiger partial charge in [-0.1, -0.05) is 12.2 Å². The molecule has 0 aliphatic heterocycles. The van der Waals surface area contributed by atoms with Crippen molar-refractivity contribution in [3.8, 4) is 5.75 Å². The first-order valence-electron chi connectivity index (χ1n) is 5.21. The van der Waals surface area contributed by atoms with Gasteiger partial charge in [0.25, 0.3) is 0 Å². The van der Waals surface area contributed by atoms with Gasteiger partial charge in [-0.25, -0.2) is 0 Å². The largest absolute Gasteiger partial charge is 0.488 e. The quantitative estimate of drug-likeness (QED) is 0.840. The Morgan fingerprint density at radius 2 is 1.78 bits per heavy atom. The van der Waals surface area contributed by atoms with E-state index in [1.807, 2.05) is 0 Å². The van der Waals surface area contributed by atoms with E-state index in [1.165, 1.54) is 12.1 Å². The zero-order chi connectivity index (χ0) is 14.1. The van der Waals surface area contributed by atoms with Crippen molar-refractivity contribution < 1.29 is 17.9 Å². The molecule has 0 aromatic heterocycles. The molecule has 0 bridgehead atoms. The second-order valence-corrected chi connectivity index (χ2v) is 5.22. The molecule has 0 fully saturated rings. The standard InChI is InChI=1S/C12H14F3NOS/c1-11(2,3)17-7-4-5-8(10(16)18)9(6-7)12(13,14)15/h4-6H,1-3H3,(H2,16,18). The summed E-state index contributed by atoms with van der Waals surface area (Å²) < 4.78 is 43.9. The Morgan fingerprint density at radius 3 is 2.17 bits per heavy atom. The number of alkyl halides is 3. The van der Waals surface area contributed by atoms with Crippen LogP contribution in [-0.2, 0) is 6.18 Å². The summed E-state index contributed by atoms with van der Waals surface area (Å²) in [5.41, 5.74) is 3.63. The summed E-state index contributed by atoms with van der Waals surface area (Å²) >= 11 is 4.61. The van der Waals surface area contributed by atoms with Crippen LogP contribution in [0.4, 0.5) is 13.2 Å². The third-order valence-corrected chi connectivity index (χ3v) is 2.21. The van der Waals surface area contributed by atoms with Crippen LogP contribution >= 0.6 is 12.2 Å². The van der Waals surface area contributed by atoms with Crippen molar-refractivity contribution in [3.05, 3.63) is 29.3 Å². The number of halogens is 3. The average Bonchev–Trinajstić information content (AvgIpc) is 2.13. The molecule has 2 N–H and O–H groups in total. The summed E-state index contributed by atoms with van der Waals surface area (Å²) in [6, 6.07) is 3.57. The predicted molar refractivity (Wildman–Crippen MR) is 67.7 cm³/mol. The van der Waals surface area contributed by atoms with Gasteiger partial charge in [-0.2, -0.15) is 13.2 Å². The Hall–Kier alpha value is -1.30. The molecule has 0 aliphatic carbocycles. The second-order valence-electron chi connectivity index (χ2n) is 4.78. The van der Waals surface area contributed by atoms with Gasteiger partial charge in [-0.15, -0.1) is 0 Å². The molecule has 1 rings (SSSR count). The smallest absolute Gasteiger partial charge is 0.417 e. The fourth-order valence-corrected chi connectivity index (χ4v) is 1.57. The lowest BCUT2D eigenvalue weighted by atomic mass is 10.1. The molecule has 18 heavy (non-hydrogen) atoms. The van der Waals surface area contributed by atoms with Crippen molar-refractivity contribution in [1.29, 1.82) is 0 Å². The lowest BCUT2D eigenvalue weighted by molar-refractivity contribution is -0.137.